The molecule has 2 aromatic rings. The standard InChI is InChI=1S/C12H11BrN2OS/c13-10-6-8(12(14)17)3-4-11(10)15-7-9-2-1-5-16-9/h1-6,15H,7H2,(H2,14,17). The van der Waals surface area contributed by atoms with Crippen molar-refractivity contribution in [2.75, 3.05) is 5.32 Å². The van der Waals surface area contributed by atoms with Crippen molar-refractivity contribution in [1.29, 1.82) is 0 Å². The summed E-state index contributed by atoms with van der Waals surface area (Å²) < 4.78 is 6.16. The first kappa shape index (κ1) is 12.1. The van der Waals surface area contributed by atoms with Crippen molar-refractivity contribution in [2.45, 2.75) is 6.54 Å². The third-order valence-corrected chi connectivity index (χ3v) is 3.18. The molecule has 88 valence electrons. The molecule has 1 aromatic heterocycles. The first-order valence-electron chi connectivity index (χ1n) is 5.02. The van der Waals surface area contributed by atoms with E-state index in [0.29, 0.717) is 11.5 Å². The zero-order valence-electron chi connectivity index (χ0n) is 8.94. The number of anilines is 1. The van der Waals surface area contributed by atoms with Crippen LogP contribution in [0.2, 0.25) is 0 Å². The minimum Gasteiger partial charge on any atom is -0.467 e. The topological polar surface area (TPSA) is 51.2 Å². The second-order valence-corrected chi connectivity index (χ2v) is 4.79. The summed E-state index contributed by atoms with van der Waals surface area (Å²) in [6.07, 6.45) is 1.65. The van der Waals surface area contributed by atoms with Gasteiger partial charge in [0.15, 0.2) is 0 Å². The van der Waals surface area contributed by atoms with Crippen LogP contribution in [-0.4, -0.2) is 4.99 Å². The van der Waals surface area contributed by atoms with E-state index in [9.17, 15) is 0 Å². The Morgan fingerprint density at radius 3 is 2.82 bits per heavy atom. The molecule has 17 heavy (non-hydrogen) atoms. The lowest BCUT2D eigenvalue weighted by Gasteiger charge is -2.08. The monoisotopic (exact) mass is 310 g/mol. The Morgan fingerprint density at radius 2 is 2.24 bits per heavy atom. The van der Waals surface area contributed by atoms with E-state index in [1.807, 2.05) is 30.3 Å². The molecule has 3 nitrogen and oxygen atoms in total. The summed E-state index contributed by atoms with van der Waals surface area (Å²) in [6.45, 7) is 0.637. The van der Waals surface area contributed by atoms with E-state index in [-0.39, 0.29) is 0 Å². The van der Waals surface area contributed by atoms with Crippen LogP contribution in [0.1, 0.15) is 11.3 Å². The molecule has 0 saturated heterocycles. The van der Waals surface area contributed by atoms with Gasteiger partial charge in [-0.3, -0.25) is 0 Å². The molecule has 1 heterocycles. The highest BCUT2D eigenvalue weighted by Crippen LogP contribution is 2.24. The van der Waals surface area contributed by atoms with Gasteiger partial charge in [-0.1, -0.05) is 12.2 Å². The zero-order valence-corrected chi connectivity index (χ0v) is 11.3. The average Bonchev–Trinajstić information content (AvgIpc) is 2.80. The summed E-state index contributed by atoms with van der Waals surface area (Å²) >= 11 is 8.39. The Labute approximate surface area is 113 Å². The molecule has 0 atom stereocenters. The van der Waals surface area contributed by atoms with Gasteiger partial charge in [-0.2, -0.15) is 0 Å². The molecule has 0 unspecified atom stereocenters. The van der Waals surface area contributed by atoms with Crippen LogP contribution in [0.3, 0.4) is 0 Å². The summed E-state index contributed by atoms with van der Waals surface area (Å²) in [4.78, 5) is 0.392. The summed E-state index contributed by atoms with van der Waals surface area (Å²) in [5.41, 5.74) is 7.38. The van der Waals surface area contributed by atoms with Gasteiger partial charge in [0, 0.05) is 15.7 Å². The molecule has 0 amide bonds. The van der Waals surface area contributed by atoms with Crippen LogP contribution in [0.15, 0.2) is 45.5 Å². The Morgan fingerprint density at radius 1 is 1.41 bits per heavy atom. The first-order chi connectivity index (χ1) is 8.16. The van der Waals surface area contributed by atoms with Crippen LogP contribution in [0.25, 0.3) is 0 Å². The van der Waals surface area contributed by atoms with Crippen molar-refractivity contribution in [1.82, 2.24) is 0 Å². The van der Waals surface area contributed by atoms with Crippen LogP contribution in [0.4, 0.5) is 5.69 Å². The van der Waals surface area contributed by atoms with Gasteiger partial charge in [-0.15, -0.1) is 0 Å². The fourth-order valence-electron chi connectivity index (χ4n) is 1.41. The van der Waals surface area contributed by atoms with E-state index in [1.165, 1.54) is 0 Å². The number of rotatable bonds is 4. The van der Waals surface area contributed by atoms with Gasteiger partial charge in [0.05, 0.1) is 12.8 Å². The Balaban J connectivity index is 2.09. The second-order valence-electron chi connectivity index (χ2n) is 3.49. The number of thiocarbonyl (C=S) groups is 1. The van der Waals surface area contributed by atoms with Crippen molar-refractivity contribution >= 4 is 38.8 Å². The van der Waals surface area contributed by atoms with Gasteiger partial charge in [0.25, 0.3) is 0 Å². The normalized spacial score (nSPS) is 10.2. The summed E-state index contributed by atoms with van der Waals surface area (Å²) in [7, 11) is 0. The fraction of sp³-hybridized carbons (Fsp3) is 0.0833. The molecule has 0 fully saturated rings. The van der Waals surface area contributed by atoms with Crippen molar-refractivity contribution in [3.05, 3.63) is 52.4 Å². The van der Waals surface area contributed by atoms with Gasteiger partial charge < -0.3 is 15.5 Å². The van der Waals surface area contributed by atoms with Crippen molar-refractivity contribution < 1.29 is 4.42 Å². The number of benzene rings is 1. The minimum absolute atomic E-state index is 0.392. The van der Waals surface area contributed by atoms with Crippen molar-refractivity contribution in [2.24, 2.45) is 5.73 Å². The molecule has 0 bridgehead atoms. The maximum Gasteiger partial charge on any atom is 0.122 e. The number of furan rings is 1. The summed E-state index contributed by atoms with van der Waals surface area (Å²) in [5, 5.41) is 3.26. The molecule has 5 heteroatoms. The van der Waals surface area contributed by atoms with E-state index in [0.717, 1.165) is 21.5 Å². The molecule has 0 aliphatic rings. The molecule has 1 aromatic carbocycles. The average molecular weight is 311 g/mol. The van der Waals surface area contributed by atoms with E-state index in [2.05, 4.69) is 21.2 Å². The molecular weight excluding hydrogens is 300 g/mol. The van der Waals surface area contributed by atoms with Gasteiger partial charge in [-0.05, 0) is 46.3 Å². The van der Waals surface area contributed by atoms with Crippen LogP contribution < -0.4 is 11.1 Å². The van der Waals surface area contributed by atoms with Gasteiger partial charge in [0.2, 0.25) is 0 Å². The largest absolute Gasteiger partial charge is 0.467 e. The van der Waals surface area contributed by atoms with Crippen molar-refractivity contribution in [3.8, 4) is 0 Å². The van der Waals surface area contributed by atoms with Gasteiger partial charge in [-0.25, -0.2) is 0 Å². The maximum atomic E-state index is 5.56. The Bertz CT molecular complexity index is 525. The number of hydrogen-bond donors (Lipinski definition) is 2. The maximum absolute atomic E-state index is 5.56. The van der Waals surface area contributed by atoms with Crippen LogP contribution in [0, 0.1) is 0 Å². The molecule has 0 aliphatic carbocycles. The van der Waals surface area contributed by atoms with E-state index < -0.39 is 0 Å². The lowest BCUT2D eigenvalue weighted by atomic mass is 10.2. The molecule has 0 spiro atoms. The van der Waals surface area contributed by atoms with Crippen molar-refractivity contribution in [3.63, 3.8) is 0 Å². The predicted molar refractivity (Wildman–Crippen MR) is 76.1 cm³/mol. The SMILES string of the molecule is NC(=S)c1ccc(NCc2ccco2)c(Br)c1. The van der Waals surface area contributed by atoms with Crippen LogP contribution >= 0.6 is 28.1 Å². The lowest BCUT2D eigenvalue weighted by molar-refractivity contribution is 0.518. The molecule has 0 saturated carbocycles. The van der Waals surface area contributed by atoms with E-state index >= 15 is 0 Å². The lowest BCUT2D eigenvalue weighted by Crippen LogP contribution is -2.09. The number of hydrogen-bond acceptors (Lipinski definition) is 3. The number of nitrogens with two attached hydrogens (primary N) is 1. The van der Waals surface area contributed by atoms with E-state index in [1.54, 1.807) is 6.26 Å². The molecular formula is C12H11BrN2OS. The third-order valence-electron chi connectivity index (χ3n) is 2.29. The Hall–Kier alpha value is -1.33. The predicted octanol–water partition coefficient (Wildman–Crippen LogP) is 3.29. The van der Waals surface area contributed by atoms with Crippen LogP contribution in [0.5, 0.6) is 0 Å². The fourth-order valence-corrected chi connectivity index (χ4v) is 2.05. The Kier molecular flexibility index (Phi) is 3.81. The van der Waals surface area contributed by atoms with E-state index in [4.69, 9.17) is 22.4 Å². The quantitative estimate of drug-likeness (QED) is 0.851. The second kappa shape index (κ2) is 5.33. The molecule has 0 aliphatic heterocycles. The smallest absolute Gasteiger partial charge is 0.122 e. The summed E-state index contributed by atoms with van der Waals surface area (Å²) in [6, 6.07) is 9.50. The molecule has 0 radical (unpaired) electrons. The first-order valence-corrected chi connectivity index (χ1v) is 6.22. The highest BCUT2D eigenvalue weighted by atomic mass is 79.9. The molecule has 2 rings (SSSR count). The summed E-state index contributed by atoms with van der Waals surface area (Å²) in [5.74, 6) is 0.885. The number of halogens is 1. The highest BCUT2D eigenvalue weighted by Gasteiger charge is 2.03. The van der Waals surface area contributed by atoms with Gasteiger partial charge in [0.1, 0.15) is 10.7 Å². The zero-order chi connectivity index (χ0) is 12.3. The highest BCUT2D eigenvalue weighted by molar-refractivity contribution is 9.10. The minimum atomic E-state index is 0.392. The van der Waals surface area contributed by atoms with Gasteiger partial charge >= 0.3 is 0 Å². The van der Waals surface area contributed by atoms with Crippen LogP contribution in [-0.2, 0) is 6.54 Å². The third kappa shape index (κ3) is 3.08. The number of nitrogens with one attached hydrogen (secondary N) is 1. The molecule has 3 N–H and O–H groups in total.